The molecule has 0 bridgehead atoms. The van der Waals surface area contributed by atoms with Gasteiger partial charge in [-0.1, -0.05) is 24.3 Å². The van der Waals surface area contributed by atoms with Crippen LogP contribution < -0.4 is 5.32 Å². The molecule has 2 aromatic rings. The van der Waals surface area contributed by atoms with Gasteiger partial charge in [0.2, 0.25) is 11.9 Å². The molecule has 5 rings (SSSR count). The SMILES string of the molecule is O=C(CCCCC1=CN=CC1)N1CCc2nc(NC3Cc4ccccc4C3)ncc2C1. The third-order valence-corrected chi connectivity index (χ3v) is 6.53. The van der Waals surface area contributed by atoms with Crippen molar-refractivity contribution in [1.82, 2.24) is 14.9 Å². The summed E-state index contributed by atoms with van der Waals surface area (Å²) >= 11 is 0. The number of rotatable bonds is 7. The zero-order valence-electron chi connectivity index (χ0n) is 17.9. The standard InChI is InChI=1S/C25H29N5O/c31-24(8-4-1-5-18-9-11-26-15-18)30-12-10-23-21(17-30)16-27-25(29-23)28-22-13-19-6-2-3-7-20(19)14-22/h2-3,6-7,11,15-16,22H,1,4-5,8-10,12-14,17H2,(H,27,28,29). The highest BCUT2D eigenvalue weighted by Gasteiger charge is 2.24. The van der Waals surface area contributed by atoms with Gasteiger partial charge in [-0.25, -0.2) is 9.97 Å². The van der Waals surface area contributed by atoms with Crippen molar-refractivity contribution in [1.29, 1.82) is 0 Å². The lowest BCUT2D eigenvalue weighted by molar-refractivity contribution is -0.132. The second kappa shape index (κ2) is 9.00. The summed E-state index contributed by atoms with van der Waals surface area (Å²) in [5, 5.41) is 3.51. The number of unbranched alkanes of at least 4 members (excludes halogenated alkanes) is 1. The van der Waals surface area contributed by atoms with Crippen LogP contribution in [0.15, 0.2) is 47.2 Å². The fourth-order valence-electron chi connectivity index (χ4n) is 4.78. The summed E-state index contributed by atoms with van der Waals surface area (Å²) in [4.78, 5) is 28.1. The largest absolute Gasteiger partial charge is 0.351 e. The highest BCUT2D eigenvalue weighted by molar-refractivity contribution is 5.76. The first-order chi connectivity index (χ1) is 15.2. The van der Waals surface area contributed by atoms with Gasteiger partial charge in [0, 0.05) is 62.6 Å². The molecule has 0 fully saturated rings. The molecule has 1 aromatic carbocycles. The molecular formula is C25H29N5O. The van der Waals surface area contributed by atoms with Crippen LogP contribution in [0.25, 0.3) is 0 Å². The molecule has 6 heteroatoms. The van der Waals surface area contributed by atoms with E-state index in [0.717, 1.165) is 62.7 Å². The number of allylic oxidation sites excluding steroid dienone is 1. The van der Waals surface area contributed by atoms with Gasteiger partial charge in [0.1, 0.15) is 0 Å². The van der Waals surface area contributed by atoms with E-state index in [4.69, 9.17) is 4.98 Å². The molecule has 31 heavy (non-hydrogen) atoms. The molecule has 1 aliphatic carbocycles. The van der Waals surface area contributed by atoms with Gasteiger partial charge in [0.15, 0.2) is 0 Å². The van der Waals surface area contributed by atoms with Gasteiger partial charge in [-0.15, -0.1) is 0 Å². The lowest BCUT2D eigenvalue weighted by atomic mass is 10.0. The number of nitrogens with one attached hydrogen (secondary N) is 1. The zero-order valence-corrected chi connectivity index (χ0v) is 17.9. The average molecular weight is 416 g/mol. The predicted octanol–water partition coefficient (Wildman–Crippen LogP) is 3.86. The minimum absolute atomic E-state index is 0.244. The molecule has 0 atom stereocenters. The Hall–Kier alpha value is -3.02. The van der Waals surface area contributed by atoms with E-state index in [1.807, 2.05) is 23.5 Å². The van der Waals surface area contributed by atoms with Gasteiger partial charge in [0.25, 0.3) is 0 Å². The van der Waals surface area contributed by atoms with Crippen LogP contribution in [0.1, 0.15) is 54.5 Å². The minimum atomic E-state index is 0.244. The summed E-state index contributed by atoms with van der Waals surface area (Å²) in [5.74, 6) is 0.953. The number of amides is 1. The normalized spacial score (nSPS) is 17.4. The van der Waals surface area contributed by atoms with E-state index in [1.54, 1.807) is 0 Å². The molecule has 160 valence electrons. The van der Waals surface area contributed by atoms with Crippen LogP contribution in [-0.2, 0) is 30.6 Å². The number of carbonyl (C=O) groups excluding carboxylic acids is 1. The van der Waals surface area contributed by atoms with E-state index >= 15 is 0 Å². The second-order valence-corrected chi connectivity index (χ2v) is 8.78. The molecule has 0 saturated heterocycles. The van der Waals surface area contributed by atoms with Crippen molar-refractivity contribution in [3.05, 3.63) is 64.6 Å². The molecule has 3 heterocycles. The highest BCUT2D eigenvalue weighted by Crippen LogP contribution is 2.25. The molecule has 0 spiro atoms. The van der Waals surface area contributed by atoms with Gasteiger partial charge in [0.05, 0.1) is 5.69 Å². The van der Waals surface area contributed by atoms with E-state index in [0.29, 0.717) is 25.0 Å². The van der Waals surface area contributed by atoms with E-state index in [9.17, 15) is 4.79 Å². The van der Waals surface area contributed by atoms with Crippen LogP contribution in [-0.4, -0.2) is 39.6 Å². The van der Waals surface area contributed by atoms with Crippen LogP contribution >= 0.6 is 0 Å². The minimum Gasteiger partial charge on any atom is -0.351 e. The van der Waals surface area contributed by atoms with Gasteiger partial charge in [-0.2, -0.15) is 0 Å². The third-order valence-electron chi connectivity index (χ3n) is 6.53. The number of carbonyl (C=O) groups is 1. The summed E-state index contributed by atoms with van der Waals surface area (Å²) in [6.07, 6.45) is 13.3. The quantitative estimate of drug-likeness (QED) is 0.697. The van der Waals surface area contributed by atoms with Crippen molar-refractivity contribution in [3.8, 4) is 0 Å². The lowest BCUT2D eigenvalue weighted by Gasteiger charge is -2.28. The number of aliphatic imine (C=N–C) groups is 1. The number of hydrogen-bond acceptors (Lipinski definition) is 5. The summed E-state index contributed by atoms with van der Waals surface area (Å²) < 4.78 is 0. The Morgan fingerprint density at radius 2 is 1.97 bits per heavy atom. The smallest absolute Gasteiger partial charge is 0.223 e. The Balaban J connectivity index is 1.11. The topological polar surface area (TPSA) is 70.5 Å². The molecule has 3 aliphatic rings. The van der Waals surface area contributed by atoms with E-state index in [2.05, 4.69) is 39.6 Å². The van der Waals surface area contributed by atoms with Crippen molar-refractivity contribution >= 4 is 18.1 Å². The highest BCUT2D eigenvalue weighted by atomic mass is 16.2. The van der Waals surface area contributed by atoms with Crippen LogP contribution in [0.4, 0.5) is 5.95 Å². The molecule has 0 saturated carbocycles. The maximum Gasteiger partial charge on any atom is 0.223 e. The Morgan fingerprint density at radius 3 is 2.74 bits per heavy atom. The number of anilines is 1. The van der Waals surface area contributed by atoms with E-state index in [-0.39, 0.29) is 5.91 Å². The summed E-state index contributed by atoms with van der Waals surface area (Å²) in [6, 6.07) is 8.97. The monoisotopic (exact) mass is 415 g/mol. The Morgan fingerprint density at radius 1 is 1.13 bits per heavy atom. The number of aromatic nitrogens is 2. The second-order valence-electron chi connectivity index (χ2n) is 8.78. The Kier molecular flexibility index (Phi) is 5.78. The molecule has 6 nitrogen and oxygen atoms in total. The fourth-order valence-corrected chi connectivity index (χ4v) is 4.78. The average Bonchev–Trinajstić information content (AvgIpc) is 3.45. The maximum absolute atomic E-state index is 12.6. The fraction of sp³-hybridized carbons (Fsp3) is 0.440. The maximum atomic E-state index is 12.6. The summed E-state index contributed by atoms with van der Waals surface area (Å²) in [5.41, 5.74) is 6.36. The van der Waals surface area contributed by atoms with Gasteiger partial charge >= 0.3 is 0 Å². The summed E-state index contributed by atoms with van der Waals surface area (Å²) in [6.45, 7) is 1.37. The molecule has 1 amide bonds. The number of benzene rings is 1. The first kappa shape index (κ1) is 19.9. The van der Waals surface area contributed by atoms with Crippen LogP contribution in [0.2, 0.25) is 0 Å². The Labute approximate surface area is 183 Å². The predicted molar refractivity (Wildman–Crippen MR) is 122 cm³/mol. The molecule has 1 N–H and O–H groups in total. The Bertz CT molecular complexity index is 1000. The van der Waals surface area contributed by atoms with Crippen LogP contribution in [0.5, 0.6) is 0 Å². The van der Waals surface area contributed by atoms with E-state index in [1.165, 1.54) is 16.7 Å². The van der Waals surface area contributed by atoms with Crippen molar-refractivity contribution in [2.75, 3.05) is 11.9 Å². The number of hydrogen-bond donors (Lipinski definition) is 1. The van der Waals surface area contributed by atoms with E-state index < -0.39 is 0 Å². The van der Waals surface area contributed by atoms with Gasteiger partial charge in [-0.3, -0.25) is 9.79 Å². The van der Waals surface area contributed by atoms with Crippen molar-refractivity contribution < 1.29 is 4.79 Å². The van der Waals surface area contributed by atoms with Crippen molar-refractivity contribution in [2.45, 2.75) is 64.0 Å². The van der Waals surface area contributed by atoms with Crippen molar-refractivity contribution in [2.24, 2.45) is 4.99 Å². The molecule has 1 aromatic heterocycles. The molecule has 0 radical (unpaired) electrons. The van der Waals surface area contributed by atoms with Crippen LogP contribution in [0.3, 0.4) is 0 Å². The first-order valence-electron chi connectivity index (χ1n) is 11.4. The van der Waals surface area contributed by atoms with Crippen molar-refractivity contribution in [3.63, 3.8) is 0 Å². The number of nitrogens with zero attached hydrogens (tertiary/aromatic N) is 4. The van der Waals surface area contributed by atoms with Crippen LogP contribution in [0, 0.1) is 0 Å². The molecular weight excluding hydrogens is 386 g/mol. The van der Waals surface area contributed by atoms with Gasteiger partial charge < -0.3 is 10.2 Å². The summed E-state index contributed by atoms with van der Waals surface area (Å²) in [7, 11) is 0. The zero-order chi connectivity index (χ0) is 21.0. The third kappa shape index (κ3) is 4.68. The number of fused-ring (bicyclic) bond motifs is 2. The first-order valence-corrected chi connectivity index (χ1v) is 11.4. The van der Waals surface area contributed by atoms with Gasteiger partial charge in [-0.05, 0) is 48.8 Å². The lowest BCUT2D eigenvalue weighted by Crippen LogP contribution is -2.36. The molecule has 0 unspecified atom stereocenters. The molecule has 2 aliphatic heterocycles.